The van der Waals surface area contributed by atoms with E-state index in [-0.39, 0.29) is 0 Å². The molecule has 0 aliphatic heterocycles. The molecule has 2 N–H and O–H groups in total. The van der Waals surface area contributed by atoms with Crippen molar-refractivity contribution in [2.75, 3.05) is 12.8 Å². The molecule has 2 rings (SSSR count). The van der Waals surface area contributed by atoms with Gasteiger partial charge in [-0.25, -0.2) is 4.68 Å². The Kier molecular flexibility index (Phi) is 3.41. The molecule has 5 heteroatoms. The average Bonchev–Trinajstić information content (AvgIpc) is 2.64. The Hall–Kier alpha value is -2.17. The lowest BCUT2D eigenvalue weighted by Gasteiger charge is -2.08. The SMILES string of the molecule is COc1ccc(OCn2nc(C)c(N)c2C)cc1. The molecule has 0 bridgehead atoms. The second kappa shape index (κ2) is 5.00. The van der Waals surface area contributed by atoms with Gasteiger partial charge in [-0.1, -0.05) is 0 Å². The molecule has 0 saturated carbocycles. The number of nitrogens with zero attached hydrogens (tertiary/aromatic N) is 2. The molecule has 2 aromatic rings. The first-order chi connectivity index (χ1) is 8.61. The van der Waals surface area contributed by atoms with Crippen LogP contribution in [0.2, 0.25) is 0 Å². The number of aromatic nitrogens is 2. The van der Waals surface area contributed by atoms with Crippen LogP contribution >= 0.6 is 0 Å². The van der Waals surface area contributed by atoms with Crippen LogP contribution in [0.1, 0.15) is 11.4 Å². The smallest absolute Gasteiger partial charge is 0.181 e. The fourth-order valence-corrected chi connectivity index (χ4v) is 1.64. The number of hydrogen-bond acceptors (Lipinski definition) is 4. The zero-order valence-electron chi connectivity index (χ0n) is 10.8. The molecule has 1 heterocycles. The largest absolute Gasteiger partial charge is 0.497 e. The van der Waals surface area contributed by atoms with Crippen molar-refractivity contribution in [3.05, 3.63) is 35.7 Å². The summed E-state index contributed by atoms with van der Waals surface area (Å²) in [5, 5.41) is 4.30. The Morgan fingerprint density at radius 3 is 2.28 bits per heavy atom. The van der Waals surface area contributed by atoms with Gasteiger partial charge < -0.3 is 15.2 Å². The first-order valence-electron chi connectivity index (χ1n) is 5.68. The molecule has 96 valence electrons. The Balaban J connectivity index is 2.04. The number of aryl methyl sites for hydroxylation is 1. The van der Waals surface area contributed by atoms with Gasteiger partial charge >= 0.3 is 0 Å². The van der Waals surface area contributed by atoms with Crippen LogP contribution in [0, 0.1) is 13.8 Å². The summed E-state index contributed by atoms with van der Waals surface area (Å²) in [6.07, 6.45) is 0. The first-order valence-corrected chi connectivity index (χ1v) is 5.68. The van der Waals surface area contributed by atoms with Gasteiger partial charge in [-0.3, -0.25) is 0 Å². The molecule has 0 saturated heterocycles. The molecule has 0 spiro atoms. The zero-order valence-corrected chi connectivity index (χ0v) is 10.8. The van der Waals surface area contributed by atoms with Gasteiger partial charge in [0.25, 0.3) is 0 Å². The fraction of sp³-hybridized carbons (Fsp3) is 0.308. The van der Waals surface area contributed by atoms with Crippen molar-refractivity contribution in [1.29, 1.82) is 0 Å². The van der Waals surface area contributed by atoms with Crippen molar-refractivity contribution in [3.8, 4) is 11.5 Å². The number of rotatable bonds is 4. The second-order valence-electron chi connectivity index (χ2n) is 4.03. The molecule has 0 aliphatic carbocycles. The zero-order chi connectivity index (χ0) is 13.1. The van der Waals surface area contributed by atoms with Crippen molar-refractivity contribution < 1.29 is 9.47 Å². The Bertz CT molecular complexity index is 532. The van der Waals surface area contributed by atoms with Crippen LogP contribution in [0.25, 0.3) is 0 Å². The van der Waals surface area contributed by atoms with E-state index in [0.717, 1.165) is 22.9 Å². The highest BCUT2D eigenvalue weighted by Crippen LogP contribution is 2.19. The predicted molar refractivity (Wildman–Crippen MR) is 69.7 cm³/mol. The van der Waals surface area contributed by atoms with Gasteiger partial charge in [-0.15, -0.1) is 0 Å². The van der Waals surface area contributed by atoms with Crippen molar-refractivity contribution in [2.45, 2.75) is 20.6 Å². The third-order valence-electron chi connectivity index (χ3n) is 2.85. The summed E-state index contributed by atoms with van der Waals surface area (Å²) < 4.78 is 12.5. The number of methoxy groups -OCH3 is 1. The van der Waals surface area contributed by atoms with Gasteiger partial charge in [0.05, 0.1) is 24.2 Å². The highest BCUT2D eigenvalue weighted by Gasteiger charge is 2.07. The number of nitrogens with two attached hydrogens (primary N) is 1. The quantitative estimate of drug-likeness (QED) is 0.899. The summed E-state index contributed by atoms with van der Waals surface area (Å²) in [6.45, 7) is 4.15. The molecular formula is C13H17N3O2. The summed E-state index contributed by atoms with van der Waals surface area (Å²) >= 11 is 0. The minimum Gasteiger partial charge on any atom is -0.497 e. The molecule has 0 amide bonds. The van der Waals surface area contributed by atoms with Crippen molar-refractivity contribution >= 4 is 5.69 Å². The summed E-state index contributed by atoms with van der Waals surface area (Å²) in [5.41, 5.74) is 8.31. The molecule has 1 aromatic carbocycles. The molecule has 0 aliphatic rings. The predicted octanol–water partition coefficient (Wildman–Crippen LogP) is 2.13. The second-order valence-corrected chi connectivity index (χ2v) is 4.03. The third kappa shape index (κ3) is 2.40. The van der Waals surface area contributed by atoms with Gasteiger partial charge in [0.2, 0.25) is 0 Å². The summed E-state index contributed by atoms with van der Waals surface area (Å²) in [4.78, 5) is 0. The van der Waals surface area contributed by atoms with E-state index in [0.29, 0.717) is 12.4 Å². The van der Waals surface area contributed by atoms with Gasteiger partial charge in [0, 0.05) is 0 Å². The van der Waals surface area contributed by atoms with E-state index in [2.05, 4.69) is 5.10 Å². The number of anilines is 1. The molecule has 0 fully saturated rings. The standard InChI is InChI=1S/C13H17N3O2/c1-9-13(14)10(2)16(15-9)8-18-12-6-4-11(17-3)5-7-12/h4-7H,8,14H2,1-3H3. The lowest BCUT2D eigenvalue weighted by Crippen LogP contribution is -2.08. The van der Waals surface area contributed by atoms with Crippen LogP contribution in [-0.4, -0.2) is 16.9 Å². The summed E-state index contributed by atoms with van der Waals surface area (Å²) in [6, 6.07) is 7.41. The molecule has 0 unspecified atom stereocenters. The minimum absolute atomic E-state index is 0.343. The average molecular weight is 247 g/mol. The topological polar surface area (TPSA) is 62.3 Å². The maximum absolute atomic E-state index is 5.85. The fourth-order valence-electron chi connectivity index (χ4n) is 1.64. The van der Waals surface area contributed by atoms with Crippen LogP contribution in [0.3, 0.4) is 0 Å². The normalized spacial score (nSPS) is 10.4. The lowest BCUT2D eigenvalue weighted by molar-refractivity contribution is 0.217. The molecule has 5 nitrogen and oxygen atoms in total. The third-order valence-corrected chi connectivity index (χ3v) is 2.85. The lowest BCUT2D eigenvalue weighted by atomic mass is 10.3. The van der Waals surface area contributed by atoms with Gasteiger partial charge in [0.15, 0.2) is 6.73 Å². The van der Waals surface area contributed by atoms with Gasteiger partial charge in [0.1, 0.15) is 11.5 Å². The summed E-state index contributed by atoms with van der Waals surface area (Å²) in [7, 11) is 1.63. The maximum atomic E-state index is 5.85. The van der Waals surface area contributed by atoms with Crippen LogP contribution in [-0.2, 0) is 6.73 Å². The van der Waals surface area contributed by atoms with E-state index in [1.165, 1.54) is 0 Å². The summed E-state index contributed by atoms with van der Waals surface area (Å²) in [5.74, 6) is 1.57. The Morgan fingerprint density at radius 2 is 1.78 bits per heavy atom. The first kappa shape index (κ1) is 12.3. The van der Waals surface area contributed by atoms with E-state index in [4.69, 9.17) is 15.2 Å². The van der Waals surface area contributed by atoms with Crippen molar-refractivity contribution in [3.63, 3.8) is 0 Å². The van der Waals surface area contributed by atoms with Crippen LogP contribution in [0.5, 0.6) is 11.5 Å². The van der Waals surface area contributed by atoms with Crippen molar-refractivity contribution in [2.24, 2.45) is 0 Å². The van der Waals surface area contributed by atoms with Gasteiger partial charge in [-0.2, -0.15) is 5.10 Å². The minimum atomic E-state index is 0.343. The Labute approximate surface area is 106 Å². The number of ether oxygens (including phenoxy) is 2. The van der Waals surface area contributed by atoms with Crippen molar-refractivity contribution in [1.82, 2.24) is 9.78 Å². The van der Waals surface area contributed by atoms with E-state index in [9.17, 15) is 0 Å². The molecular weight excluding hydrogens is 230 g/mol. The highest BCUT2D eigenvalue weighted by molar-refractivity contribution is 5.46. The van der Waals surface area contributed by atoms with Gasteiger partial charge in [-0.05, 0) is 38.1 Å². The molecule has 0 radical (unpaired) electrons. The number of benzene rings is 1. The molecule has 1 aromatic heterocycles. The van der Waals surface area contributed by atoms with E-state index >= 15 is 0 Å². The maximum Gasteiger partial charge on any atom is 0.181 e. The highest BCUT2D eigenvalue weighted by atomic mass is 16.5. The van der Waals surface area contributed by atoms with Crippen LogP contribution in [0.15, 0.2) is 24.3 Å². The Morgan fingerprint density at radius 1 is 1.17 bits per heavy atom. The van der Waals surface area contributed by atoms with Crippen LogP contribution < -0.4 is 15.2 Å². The molecule has 18 heavy (non-hydrogen) atoms. The van der Waals surface area contributed by atoms with Crippen LogP contribution in [0.4, 0.5) is 5.69 Å². The molecule has 0 atom stereocenters. The number of nitrogen functional groups attached to an aromatic ring is 1. The number of hydrogen-bond donors (Lipinski definition) is 1. The van der Waals surface area contributed by atoms with E-state index < -0.39 is 0 Å². The van der Waals surface area contributed by atoms with E-state index in [1.807, 2.05) is 38.1 Å². The monoisotopic (exact) mass is 247 g/mol. The van der Waals surface area contributed by atoms with E-state index in [1.54, 1.807) is 11.8 Å².